The summed E-state index contributed by atoms with van der Waals surface area (Å²) in [6, 6.07) is 10.6. The number of aryl methyl sites for hydroxylation is 1. The Bertz CT molecular complexity index is 625. The van der Waals surface area contributed by atoms with Crippen molar-refractivity contribution in [3.8, 4) is 5.75 Å². The Labute approximate surface area is 135 Å². The van der Waals surface area contributed by atoms with Gasteiger partial charge in [-0.3, -0.25) is 0 Å². The summed E-state index contributed by atoms with van der Waals surface area (Å²) >= 11 is 7.97. The van der Waals surface area contributed by atoms with E-state index in [1.165, 1.54) is 15.3 Å². The number of benzene rings is 1. The summed E-state index contributed by atoms with van der Waals surface area (Å²) in [5, 5.41) is 4.40. The monoisotopic (exact) mass is 321 g/mol. The second kappa shape index (κ2) is 6.39. The van der Waals surface area contributed by atoms with Crippen molar-refractivity contribution in [2.75, 3.05) is 6.54 Å². The number of nitrogens with one attached hydrogen (secondary N) is 1. The third-order valence-corrected chi connectivity index (χ3v) is 5.11. The van der Waals surface area contributed by atoms with Crippen molar-refractivity contribution in [1.29, 1.82) is 0 Å². The van der Waals surface area contributed by atoms with Gasteiger partial charge in [-0.25, -0.2) is 0 Å². The molecule has 0 aliphatic carbocycles. The van der Waals surface area contributed by atoms with Crippen LogP contribution < -0.4 is 10.1 Å². The van der Waals surface area contributed by atoms with Crippen molar-refractivity contribution in [3.63, 3.8) is 0 Å². The number of hydrogen-bond acceptors (Lipinski definition) is 3. The summed E-state index contributed by atoms with van der Waals surface area (Å²) < 4.78 is 6.21. The lowest BCUT2D eigenvalue weighted by molar-refractivity contribution is 0.155. The number of ether oxygens (including phenoxy) is 1. The van der Waals surface area contributed by atoms with Gasteiger partial charge in [-0.15, -0.1) is 11.3 Å². The van der Waals surface area contributed by atoms with Gasteiger partial charge in [0.05, 0.1) is 0 Å². The molecule has 112 valence electrons. The molecule has 2 aromatic rings. The molecule has 3 rings (SSSR count). The molecule has 0 saturated carbocycles. The Kier molecular flexibility index (Phi) is 4.53. The second-order valence-corrected chi connectivity index (χ2v) is 7.24. The molecule has 1 N–H and O–H groups in total. The first kappa shape index (κ1) is 14.9. The standard InChI is InChI=1S/C17H20ClNOS/c1-3-8-19-14-10-16(17-7-4-11(2)21-17)20-15-6-5-12(18)9-13(14)15/h4-7,9,14,16,19H,3,8,10H2,1-2H3. The van der Waals surface area contributed by atoms with E-state index in [9.17, 15) is 0 Å². The van der Waals surface area contributed by atoms with Gasteiger partial charge in [0.25, 0.3) is 0 Å². The molecule has 0 bridgehead atoms. The van der Waals surface area contributed by atoms with Gasteiger partial charge in [0.15, 0.2) is 0 Å². The highest BCUT2D eigenvalue weighted by molar-refractivity contribution is 7.12. The highest BCUT2D eigenvalue weighted by Crippen LogP contribution is 2.43. The van der Waals surface area contributed by atoms with E-state index in [0.717, 1.165) is 30.2 Å². The SMILES string of the molecule is CCCNC1CC(c2ccc(C)s2)Oc2ccc(Cl)cc21. The van der Waals surface area contributed by atoms with Crippen LogP contribution in [0.25, 0.3) is 0 Å². The van der Waals surface area contributed by atoms with Crippen molar-refractivity contribution in [2.45, 2.75) is 38.8 Å². The summed E-state index contributed by atoms with van der Waals surface area (Å²) in [4.78, 5) is 2.63. The Hall–Kier alpha value is -1.03. The van der Waals surface area contributed by atoms with Gasteiger partial charge in [0.2, 0.25) is 0 Å². The van der Waals surface area contributed by atoms with Crippen LogP contribution in [0.3, 0.4) is 0 Å². The van der Waals surface area contributed by atoms with E-state index in [0.29, 0.717) is 6.04 Å². The van der Waals surface area contributed by atoms with E-state index in [2.05, 4.69) is 31.3 Å². The maximum Gasteiger partial charge on any atom is 0.135 e. The summed E-state index contributed by atoms with van der Waals surface area (Å²) in [7, 11) is 0. The first-order valence-electron chi connectivity index (χ1n) is 7.43. The molecule has 0 radical (unpaired) electrons. The molecule has 1 aliphatic rings. The van der Waals surface area contributed by atoms with Gasteiger partial charge in [-0.2, -0.15) is 0 Å². The topological polar surface area (TPSA) is 21.3 Å². The fraction of sp³-hybridized carbons (Fsp3) is 0.412. The lowest BCUT2D eigenvalue weighted by atomic mass is 9.95. The average Bonchev–Trinajstić information content (AvgIpc) is 2.91. The number of thiophene rings is 1. The smallest absolute Gasteiger partial charge is 0.135 e. The van der Waals surface area contributed by atoms with E-state index in [-0.39, 0.29) is 6.10 Å². The van der Waals surface area contributed by atoms with Gasteiger partial charge in [-0.1, -0.05) is 18.5 Å². The molecular weight excluding hydrogens is 302 g/mol. The lowest BCUT2D eigenvalue weighted by Gasteiger charge is -2.32. The molecule has 0 spiro atoms. The predicted octanol–water partition coefficient (Wildman–Crippen LogP) is 5.27. The third-order valence-electron chi connectivity index (χ3n) is 3.79. The van der Waals surface area contributed by atoms with Crippen LogP contribution in [0, 0.1) is 6.92 Å². The molecular formula is C17H20ClNOS. The quantitative estimate of drug-likeness (QED) is 0.827. The normalized spacial score (nSPS) is 20.9. The fourth-order valence-electron chi connectivity index (χ4n) is 2.75. The van der Waals surface area contributed by atoms with Crippen LogP contribution >= 0.6 is 22.9 Å². The first-order chi connectivity index (χ1) is 10.2. The van der Waals surface area contributed by atoms with Crippen molar-refractivity contribution < 1.29 is 4.74 Å². The van der Waals surface area contributed by atoms with Crippen LogP contribution in [0.4, 0.5) is 0 Å². The molecule has 4 heteroatoms. The minimum atomic E-state index is 0.131. The summed E-state index contributed by atoms with van der Waals surface area (Å²) in [5.74, 6) is 0.954. The number of halogens is 1. The minimum Gasteiger partial charge on any atom is -0.484 e. The zero-order chi connectivity index (χ0) is 14.8. The van der Waals surface area contributed by atoms with Crippen LogP contribution in [0.15, 0.2) is 30.3 Å². The summed E-state index contributed by atoms with van der Waals surface area (Å²) in [6.45, 7) is 5.33. The molecule has 1 aromatic heterocycles. The number of fused-ring (bicyclic) bond motifs is 1. The van der Waals surface area contributed by atoms with E-state index in [1.54, 1.807) is 0 Å². The van der Waals surface area contributed by atoms with Crippen molar-refractivity contribution >= 4 is 22.9 Å². The van der Waals surface area contributed by atoms with Crippen molar-refractivity contribution in [2.24, 2.45) is 0 Å². The number of hydrogen-bond donors (Lipinski definition) is 1. The van der Waals surface area contributed by atoms with Gasteiger partial charge in [0.1, 0.15) is 11.9 Å². The zero-order valence-electron chi connectivity index (χ0n) is 12.4. The maximum absolute atomic E-state index is 6.21. The zero-order valence-corrected chi connectivity index (χ0v) is 13.9. The van der Waals surface area contributed by atoms with E-state index in [1.807, 2.05) is 29.5 Å². The molecule has 0 fully saturated rings. The Morgan fingerprint density at radius 2 is 2.19 bits per heavy atom. The highest BCUT2D eigenvalue weighted by Gasteiger charge is 2.29. The Balaban J connectivity index is 1.90. The largest absolute Gasteiger partial charge is 0.484 e. The second-order valence-electron chi connectivity index (χ2n) is 5.48. The average molecular weight is 322 g/mol. The van der Waals surface area contributed by atoms with Crippen LogP contribution in [0.5, 0.6) is 5.75 Å². The molecule has 2 nitrogen and oxygen atoms in total. The minimum absolute atomic E-state index is 0.131. The predicted molar refractivity (Wildman–Crippen MR) is 89.5 cm³/mol. The molecule has 2 atom stereocenters. The summed E-state index contributed by atoms with van der Waals surface area (Å²) in [5.41, 5.74) is 1.18. The molecule has 1 aromatic carbocycles. The van der Waals surface area contributed by atoms with E-state index in [4.69, 9.17) is 16.3 Å². The Morgan fingerprint density at radius 1 is 1.33 bits per heavy atom. The van der Waals surface area contributed by atoms with Crippen LogP contribution in [-0.4, -0.2) is 6.54 Å². The summed E-state index contributed by atoms with van der Waals surface area (Å²) in [6.07, 6.45) is 2.20. The maximum atomic E-state index is 6.21. The molecule has 0 saturated heterocycles. The first-order valence-corrected chi connectivity index (χ1v) is 8.62. The van der Waals surface area contributed by atoms with Crippen LogP contribution in [0.2, 0.25) is 5.02 Å². The third kappa shape index (κ3) is 3.25. The molecule has 1 aliphatic heterocycles. The van der Waals surface area contributed by atoms with Crippen molar-refractivity contribution in [1.82, 2.24) is 5.32 Å². The van der Waals surface area contributed by atoms with E-state index < -0.39 is 0 Å². The number of rotatable bonds is 4. The molecule has 0 amide bonds. The Morgan fingerprint density at radius 3 is 2.90 bits per heavy atom. The van der Waals surface area contributed by atoms with E-state index >= 15 is 0 Å². The van der Waals surface area contributed by atoms with Gasteiger partial charge >= 0.3 is 0 Å². The van der Waals surface area contributed by atoms with Gasteiger partial charge in [-0.05, 0) is 50.2 Å². The molecule has 2 heterocycles. The van der Waals surface area contributed by atoms with Gasteiger partial charge < -0.3 is 10.1 Å². The van der Waals surface area contributed by atoms with Crippen LogP contribution in [-0.2, 0) is 0 Å². The molecule has 2 unspecified atom stereocenters. The van der Waals surface area contributed by atoms with Crippen molar-refractivity contribution in [3.05, 3.63) is 50.7 Å². The fourth-order valence-corrected chi connectivity index (χ4v) is 3.85. The lowest BCUT2D eigenvalue weighted by Crippen LogP contribution is -2.29. The highest BCUT2D eigenvalue weighted by atomic mass is 35.5. The molecule has 21 heavy (non-hydrogen) atoms. The van der Waals surface area contributed by atoms with Gasteiger partial charge in [0, 0.05) is 32.8 Å². The van der Waals surface area contributed by atoms with Crippen LogP contribution in [0.1, 0.15) is 47.2 Å².